The first kappa shape index (κ1) is 27.8. The predicted octanol–water partition coefficient (Wildman–Crippen LogP) is 3.15. The smallest absolute Gasteiger partial charge is 0.273 e. The van der Waals surface area contributed by atoms with Gasteiger partial charge in [0.05, 0.1) is 37.8 Å². The van der Waals surface area contributed by atoms with Crippen molar-refractivity contribution in [2.24, 2.45) is 5.10 Å². The second kappa shape index (κ2) is 14.1. The molecule has 0 saturated carbocycles. The van der Waals surface area contributed by atoms with E-state index in [4.69, 9.17) is 16.3 Å². The number of rotatable bonds is 12. The van der Waals surface area contributed by atoms with Crippen LogP contribution < -0.4 is 15.5 Å². The lowest BCUT2D eigenvalue weighted by molar-refractivity contribution is 0.0956. The second-order valence-corrected chi connectivity index (χ2v) is 8.48. The average Bonchev–Trinajstić information content (AvgIpc) is 2.90. The topological polar surface area (TPSA) is 123 Å². The quantitative estimate of drug-likeness (QED) is 0.213. The van der Waals surface area contributed by atoms with Crippen LogP contribution in [0.1, 0.15) is 31.8 Å². The summed E-state index contributed by atoms with van der Waals surface area (Å²) in [6.45, 7) is 1.19. The Balaban J connectivity index is 1.72. The van der Waals surface area contributed by atoms with Crippen molar-refractivity contribution in [2.75, 3.05) is 38.7 Å². The molecule has 3 rings (SSSR count). The number of nitrogens with one attached hydrogen (secondary N) is 2. The van der Waals surface area contributed by atoms with Gasteiger partial charge in [0.2, 0.25) is 0 Å². The Morgan fingerprint density at radius 2 is 1.76 bits per heavy atom. The van der Waals surface area contributed by atoms with E-state index in [0.717, 1.165) is 11.1 Å². The summed E-state index contributed by atoms with van der Waals surface area (Å²) in [7, 11) is 1.56. The number of methoxy groups -OCH3 is 1. The molecule has 0 aliphatic rings. The summed E-state index contributed by atoms with van der Waals surface area (Å²) in [6, 6.07) is 18.8. The van der Waals surface area contributed by atoms with E-state index in [1.807, 2.05) is 17.0 Å². The van der Waals surface area contributed by atoms with Crippen LogP contribution in [0, 0.1) is 0 Å². The second-order valence-electron chi connectivity index (χ2n) is 8.04. The fraction of sp³-hybridized carbons (Fsp3) is 0.222. The third-order valence-electron chi connectivity index (χ3n) is 5.38. The normalized spacial score (nSPS) is 11.1. The first-order valence-electron chi connectivity index (χ1n) is 11.5. The summed E-state index contributed by atoms with van der Waals surface area (Å²) in [6.07, 6.45) is 1.48. The molecule has 3 aromatic carbocycles. The summed E-state index contributed by atoms with van der Waals surface area (Å²) in [5.41, 5.74) is 4.84. The van der Waals surface area contributed by atoms with Gasteiger partial charge in [-0.1, -0.05) is 35.9 Å². The summed E-state index contributed by atoms with van der Waals surface area (Å²) in [5, 5.41) is 25.5. The Hall–Kier alpha value is -3.76. The number of amides is 2. The van der Waals surface area contributed by atoms with E-state index in [1.54, 1.807) is 55.6 Å². The van der Waals surface area contributed by atoms with Crippen molar-refractivity contribution < 1.29 is 24.5 Å². The Labute approximate surface area is 220 Å². The molecular weight excluding hydrogens is 496 g/mol. The van der Waals surface area contributed by atoms with Crippen LogP contribution in [0.5, 0.6) is 5.75 Å². The van der Waals surface area contributed by atoms with Crippen LogP contribution in [0.15, 0.2) is 71.8 Å². The van der Waals surface area contributed by atoms with Crippen LogP contribution in [-0.4, -0.2) is 66.6 Å². The third-order valence-corrected chi connectivity index (χ3v) is 5.61. The van der Waals surface area contributed by atoms with E-state index in [-0.39, 0.29) is 24.5 Å². The van der Waals surface area contributed by atoms with Crippen molar-refractivity contribution in [3.63, 3.8) is 0 Å². The lowest BCUT2D eigenvalue weighted by atomic mass is 10.1. The highest BCUT2D eigenvalue weighted by molar-refractivity contribution is 6.31. The summed E-state index contributed by atoms with van der Waals surface area (Å²) in [5.74, 6) is -0.294. The molecule has 0 radical (unpaired) electrons. The minimum absolute atomic E-state index is 0.0365. The lowest BCUT2D eigenvalue weighted by Gasteiger charge is -2.20. The van der Waals surface area contributed by atoms with Gasteiger partial charge in [-0.3, -0.25) is 14.5 Å². The molecule has 0 fully saturated rings. The van der Waals surface area contributed by atoms with Gasteiger partial charge in [-0.25, -0.2) is 5.43 Å². The first-order chi connectivity index (χ1) is 17.9. The van der Waals surface area contributed by atoms with Crippen molar-refractivity contribution >= 4 is 35.3 Å². The van der Waals surface area contributed by atoms with Gasteiger partial charge in [0.1, 0.15) is 5.75 Å². The molecule has 0 spiro atoms. The van der Waals surface area contributed by atoms with Crippen molar-refractivity contribution in [2.45, 2.75) is 6.54 Å². The molecule has 4 N–H and O–H groups in total. The first-order valence-corrected chi connectivity index (χ1v) is 11.9. The molecule has 0 bridgehead atoms. The largest absolute Gasteiger partial charge is 0.497 e. The molecule has 0 atom stereocenters. The number of aliphatic hydroxyl groups is 2. The standard InChI is InChI=1S/C27H29ClN4O5/c1-37-23-7-3-4-19(15-23)17-29-31-27(36)24-16-22(28)8-9-25(24)30-26(35)21-6-2-5-20(14-21)18-32(10-12-33)11-13-34/h2-9,14-17,33-34H,10-13,18H2,1H3,(H,30,35)(H,31,36)/b29-17+. The number of carbonyl (C=O) groups excluding carboxylic acids is 2. The molecule has 0 saturated heterocycles. The van der Waals surface area contributed by atoms with E-state index in [9.17, 15) is 19.8 Å². The highest BCUT2D eigenvalue weighted by atomic mass is 35.5. The zero-order chi connectivity index (χ0) is 26.6. The van der Waals surface area contributed by atoms with Crippen molar-refractivity contribution in [1.82, 2.24) is 10.3 Å². The SMILES string of the molecule is COc1cccc(/C=N/NC(=O)c2cc(Cl)ccc2NC(=O)c2cccc(CN(CCO)CCO)c2)c1. The summed E-state index contributed by atoms with van der Waals surface area (Å²) >= 11 is 6.11. The Bertz CT molecular complexity index is 1240. The van der Waals surface area contributed by atoms with Crippen LogP contribution in [-0.2, 0) is 6.54 Å². The highest BCUT2D eigenvalue weighted by Gasteiger charge is 2.16. The zero-order valence-electron chi connectivity index (χ0n) is 20.4. The van der Waals surface area contributed by atoms with Crippen LogP contribution in [0.4, 0.5) is 5.69 Å². The summed E-state index contributed by atoms with van der Waals surface area (Å²) < 4.78 is 5.18. The molecule has 10 heteroatoms. The van der Waals surface area contributed by atoms with E-state index >= 15 is 0 Å². The molecule has 0 aliphatic heterocycles. The number of benzene rings is 3. The molecular formula is C27H29ClN4O5. The Morgan fingerprint density at radius 1 is 1.00 bits per heavy atom. The number of halogens is 1. The van der Waals surface area contributed by atoms with Crippen LogP contribution in [0.2, 0.25) is 5.02 Å². The molecule has 3 aromatic rings. The lowest BCUT2D eigenvalue weighted by Crippen LogP contribution is -2.29. The van der Waals surface area contributed by atoms with E-state index < -0.39 is 11.8 Å². The van der Waals surface area contributed by atoms with Gasteiger partial charge in [-0.2, -0.15) is 5.10 Å². The molecule has 0 heterocycles. The Morgan fingerprint density at radius 3 is 2.49 bits per heavy atom. The molecule has 37 heavy (non-hydrogen) atoms. The molecule has 2 amide bonds. The number of anilines is 1. The molecule has 9 nitrogen and oxygen atoms in total. The predicted molar refractivity (Wildman–Crippen MR) is 143 cm³/mol. The fourth-order valence-electron chi connectivity index (χ4n) is 3.58. The van der Waals surface area contributed by atoms with Crippen LogP contribution in [0.25, 0.3) is 0 Å². The number of hydrogen-bond acceptors (Lipinski definition) is 7. The molecule has 0 unspecified atom stereocenters. The molecule has 194 valence electrons. The van der Waals surface area contributed by atoms with E-state index in [2.05, 4.69) is 15.8 Å². The zero-order valence-corrected chi connectivity index (χ0v) is 21.1. The number of ether oxygens (including phenoxy) is 1. The molecule has 0 aromatic heterocycles. The van der Waals surface area contributed by atoms with Crippen LogP contribution >= 0.6 is 11.6 Å². The highest BCUT2D eigenvalue weighted by Crippen LogP contribution is 2.22. The molecule has 0 aliphatic carbocycles. The van der Waals surface area contributed by atoms with Gasteiger partial charge in [-0.05, 0) is 53.6 Å². The van der Waals surface area contributed by atoms with Crippen molar-refractivity contribution in [3.05, 3.63) is 94.0 Å². The minimum Gasteiger partial charge on any atom is -0.497 e. The van der Waals surface area contributed by atoms with E-state index in [1.165, 1.54) is 12.3 Å². The average molecular weight is 525 g/mol. The van der Waals surface area contributed by atoms with Gasteiger partial charge < -0.3 is 20.3 Å². The number of aliphatic hydroxyl groups excluding tert-OH is 2. The number of hydrogen-bond donors (Lipinski definition) is 4. The maximum Gasteiger partial charge on any atom is 0.273 e. The van der Waals surface area contributed by atoms with Gasteiger partial charge in [0.15, 0.2) is 0 Å². The summed E-state index contributed by atoms with van der Waals surface area (Å²) in [4.78, 5) is 27.7. The Kier molecular flexibility index (Phi) is 10.6. The maximum absolute atomic E-state index is 13.0. The van der Waals surface area contributed by atoms with Gasteiger partial charge in [0, 0.05) is 30.2 Å². The third kappa shape index (κ3) is 8.40. The minimum atomic E-state index is -0.547. The van der Waals surface area contributed by atoms with Gasteiger partial charge in [-0.15, -0.1) is 0 Å². The number of carbonyl (C=O) groups is 2. The van der Waals surface area contributed by atoms with Crippen LogP contribution in [0.3, 0.4) is 0 Å². The van der Waals surface area contributed by atoms with Crippen molar-refractivity contribution in [1.29, 1.82) is 0 Å². The number of nitrogens with zero attached hydrogens (tertiary/aromatic N) is 2. The van der Waals surface area contributed by atoms with Gasteiger partial charge >= 0.3 is 0 Å². The number of hydrazone groups is 1. The van der Waals surface area contributed by atoms with Crippen molar-refractivity contribution in [3.8, 4) is 5.75 Å². The van der Waals surface area contributed by atoms with E-state index in [0.29, 0.717) is 36.0 Å². The van der Waals surface area contributed by atoms with Gasteiger partial charge in [0.25, 0.3) is 11.8 Å². The maximum atomic E-state index is 13.0. The monoisotopic (exact) mass is 524 g/mol. The fourth-order valence-corrected chi connectivity index (χ4v) is 3.75.